The third-order valence-corrected chi connectivity index (χ3v) is 3.96. The second-order valence-corrected chi connectivity index (χ2v) is 6.10. The fourth-order valence-corrected chi connectivity index (χ4v) is 1.94. The quantitative estimate of drug-likeness (QED) is 0.756. The van der Waals surface area contributed by atoms with Crippen LogP contribution in [0.1, 0.15) is 38.8 Å². The Morgan fingerprint density at radius 1 is 0.952 bits per heavy atom. The van der Waals surface area contributed by atoms with Gasteiger partial charge in [0.05, 0.1) is 16.8 Å². The van der Waals surface area contributed by atoms with Gasteiger partial charge in [0.25, 0.3) is 0 Å². The molecule has 0 amide bonds. The second kappa shape index (κ2) is 5.18. The van der Waals surface area contributed by atoms with Crippen molar-refractivity contribution >= 4 is 13.2 Å². The Labute approximate surface area is 123 Å². The van der Waals surface area contributed by atoms with E-state index in [4.69, 9.17) is 9.31 Å². The summed E-state index contributed by atoms with van der Waals surface area (Å²) in [6, 6.07) is 4.96. The van der Waals surface area contributed by atoms with Crippen molar-refractivity contribution in [3.8, 4) is 0 Å². The van der Waals surface area contributed by atoms with Crippen LogP contribution in [0.4, 0.5) is 13.2 Å². The van der Waals surface area contributed by atoms with E-state index in [1.165, 1.54) is 12.1 Å². The van der Waals surface area contributed by atoms with E-state index < -0.39 is 30.1 Å². The Hall–Kier alpha value is -1.27. The Bertz CT molecular complexity index is 517. The van der Waals surface area contributed by atoms with Crippen LogP contribution < -0.4 is 0 Å². The van der Waals surface area contributed by atoms with Crippen LogP contribution in [0.3, 0.4) is 0 Å². The fraction of sp³-hybridized carbons (Fsp3) is 0.467. The molecule has 1 aromatic carbocycles. The fourth-order valence-electron chi connectivity index (χ4n) is 1.94. The standard InChI is InChI=1S/C15H18BF3O2/c1-13(2)14(3,4)21-16(20-13)10-9-11-5-7-12(8-6-11)15(17,18)19/h5-10H,1-4H3. The molecule has 1 heterocycles. The van der Waals surface area contributed by atoms with Gasteiger partial charge in [0.15, 0.2) is 0 Å². The first kappa shape index (κ1) is 16.1. The Morgan fingerprint density at radius 3 is 1.86 bits per heavy atom. The summed E-state index contributed by atoms with van der Waals surface area (Å²) < 4.78 is 48.9. The van der Waals surface area contributed by atoms with E-state index in [2.05, 4.69) is 0 Å². The van der Waals surface area contributed by atoms with Crippen LogP contribution in [-0.4, -0.2) is 18.3 Å². The maximum absolute atomic E-state index is 12.5. The first-order chi connectivity index (χ1) is 9.51. The Kier molecular flexibility index (Phi) is 3.97. The highest BCUT2D eigenvalue weighted by atomic mass is 19.4. The average Bonchev–Trinajstić information content (AvgIpc) is 2.55. The summed E-state index contributed by atoms with van der Waals surface area (Å²) in [6.45, 7) is 7.77. The van der Waals surface area contributed by atoms with Crippen molar-refractivity contribution in [1.29, 1.82) is 0 Å². The zero-order valence-corrected chi connectivity index (χ0v) is 12.5. The van der Waals surface area contributed by atoms with Crippen molar-refractivity contribution in [2.24, 2.45) is 0 Å². The second-order valence-electron chi connectivity index (χ2n) is 6.10. The molecule has 2 nitrogen and oxygen atoms in total. The lowest BCUT2D eigenvalue weighted by atomic mass is 9.89. The predicted molar refractivity (Wildman–Crippen MR) is 76.6 cm³/mol. The van der Waals surface area contributed by atoms with E-state index in [1.807, 2.05) is 27.7 Å². The molecule has 0 radical (unpaired) electrons. The molecule has 0 spiro atoms. The first-order valence-corrected chi connectivity index (χ1v) is 6.72. The first-order valence-electron chi connectivity index (χ1n) is 6.72. The summed E-state index contributed by atoms with van der Waals surface area (Å²) in [5.41, 5.74) is -0.849. The molecule has 114 valence electrons. The highest BCUT2D eigenvalue weighted by Crippen LogP contribution is 2.37. The average molecular weight is 298 g/mol. The van der Waals surface area contributed by atoms with Gasteiger partial charge in [0, 0.05) is 0 Å². The van der Waals surface area contributed by atoms with Gasteiger partial charge in [0.2, 0.25) is 0 Å². The minimum atomic E-state index is -4.31. The largest absolute Gasteiger partial charge is 0.487 e. The summed E-state index contributed by atoms with van der Waals surface area (Å²) in [4.78, 5) is 0. The van der Waals surface area contributed by atoms with E-state index >= 15 is 0 Å². The lowest BCUT2D eigenvalue weighted by Crippen LogP contribution is -2.41. The van der Waals surface area contributed by atoms with Crippen LogP contribution in [0, 0.1) is 0 Å². The monoisotopic (exact) mass is 298 g/mol. The van der Waals surface area contributed by atoms with Crippen molar-refractivity contribution in [3.05, 3.63) is 41.4 Å². The zero-order valence-electron chi connectivity index (χ0n) is 12.5. The normalized spacial score (nSPS) is 21.2. The molecule has 2 rings (SSSR count). The highest BCUT2D eigenvalue weighted by molar-refractivity contribution is 6.52. The van der Waals surface area contributed by atoms with Crippen molar-refractivity contribution in [1.82, 2.24) is 0 Å². The maximum Gasteiger partial charge on any atom is 0.487 e. The summed E-state index contributed by atoms with van der Waals surface area (Å²) in [6.07, 6.45) is -2.61. The van der Waals surface area contributed by atoms with Crippen molar-refractivity contribution < 1.29 is 22.5 Å². The van der Waals surface area contributed by atoms with E-state index in [-0.39, 0.29) is 0 Å². The Morgan fingerprint density at radius 2 is 1.43 bits per heavy atom. The van der Waals surface area contributed by atoms with Gasteiger partial charge >= 0.3 is 13.3 Å². The van der Waals surface area contributed by atoms with Gasteiger partial charge in [-0.25, -0.2) is 0 Å². The van der Waals surface area contributed by atoms with Gasteiger partial charge in [-0.3, -0.25) is 0 Å². The van der Waals surface area contributed by atoms with E-state index in [9.17, 15) is 13.2 Å². The molecule has 6 heteroatoms. The van der Waals surface area contributed by atoms with Crippen molar-refractivity contribution in [2.75, 3.05) is 0 Å². The third-order valence-electron chi connectivity index (χ3n) is 3.96. The van der Waals surface area contributed by atoms with E-state index in [0.29, 0.717) is 5.56 Å². The Balaban J connectivity index is 2.06. The molecule has 0 N–H and O–H groups in total. The molecule has 1 saturated heterocycles. The number of halogens is 3. The number of benzene rings is 1. The third kappa shape index (κ3) is 3.50. The molecule has 1 aliphatic rings. The van der Waals surface area contributed by atoms with Crippen LogP contribution in [-0.2, 0) is 15.5 Å². The van der Waals surface area contributed by atoms with Gasteiger partial charge in [0.1, 0.15) is 0 Å². The van der Waals surface area contributed by atoms with E-state index in [1.54, 1.807) is 12.1 Å². The number of rotatable bonds is 2. The van der Waals surface area contributed by atoms with Crippen molar-refractivity contribution in [3.63, 3.8) is 0 Å². The van der Waals surface area contributed by atoms with Gasteiger partial charge in [-0.15, -0.1) is 0 Å². The molecule has 0 atom stereocenters. The van der Waals surface area contributed by atoms with E-state index in [0.717, 1.165) is 12.1 Å². The number of alkyl halides is 3. The van der Waals surface area contributed by atoms with Gasteiger partial charge in [-0.05, 0) is 45.4 Å². The van der Waals surface area contributed by atoms with Crippen LogP contribution in [0.2, 0.25) is 0 Å². The molecule has 1 aromatic rings. The molecule has 1 fully saturated rings. The molecule has 0 unspecified atom stereocenters. The molecule has 21 heavy (non-hydrogen) atoms. The number of hydrogen-bond acceptors (Lipinski definition) is 2. The van der Waals surface area contributed by atoms with Gasteiger partial charge < -0.3 is 9.31 Å². The molecular weight excluding hydrogens is 280 g/mol. The summed E-state index contributed by atoms with van der Waals surface area (Å²) in [5.74, 6) is 1.71. The minimum absolute atomic E-state index is 0.428. The van der Waals surface area contributed by atoms with Crippen LogP contribution in [0.25, 0.3) is 6.08 Å². The molecule has 0 aliphatic carbocycles. The summed E-state index contributed by atoms with van der Waals surface area (Å²) >= 11 is 0. The van der Waals surface area contributed by atoms with Crippen molar-refractivity contribution in [2.45, 2.75) is 45.1 Å². The van der Waals surface area contributed by atoms with Crippen LogP contribution in [0.5, 0.6) is 0 Å². The molecule has 0 aromatic heterocycles. The highest BCUT2D eigenvalue weighted by Gasteiger charge is 2.49. The number of hydrogen-bond donors (Lipinski definition) is 0. The summed E-state index contributed by atoms with van der Waals surface area (Å²) in [7, 11) is -0.503. The SMILES string of the molecule is CC1(C)OB(C=Cc2ccc(C(F)(F)F)cc2)OC1(C)C. The smallest absolute Gasteiger partial charge is 0.400 e. The molecular formula is C15H18BF3O2. The van der Waals surface area contributed by atoms with Gasteiger partial charge in [-0.1, -0.05) is 24.2 Å². The minimum Gasteiger partial charge on any atom is -0.400 e. The molecule has 0 bridgehead atoms. The topological polar surface area (TPSA) is 18.5 Å². The zero-order chi connectivity index (χ0) is 15.9. The summed E-state index contributed by atoms with van der Waals surface area (Å²) in [5, 5.41) is 0. The lowest BCUT2D eigenvalue weighted by Gasteiger charge is -2.32. The predicted octanol–water partition coefficient (Wildman–Crippen LogP) is 4.35. The molecule has 0 saturated carbocycles. The maximum atomic E-state index is 12.5. The molecule has 1 aliphatic heterocycles. The lowest BCUT2D eigenvalue weighted by molar-refractivity contribution is -0.137. The van der Waals surface area contributed by atoms with Crippen LogP contribution >= 0.6 is 0 Å². The van der Waals surface area contributed by atoms with Gasteiger partial charge in [-0.2, -0.15) is 13.2 Å². The van der Waals surface area contributed by atoms with Crippen LogP contribution in [0.15, 0.2) is 30.2 Å².